The van der Waals surface area contributed by atoms with E-state index in [9.17, 15) is 4.39 Å². The lowest BCUT2D eigenvalue weighted by Crippen LogP contribution is -2.29. The second-order valence-electron chi connectivity index (χ2n) is 5.88. The van der Waals surface area contributed by atoms with Gasteiger partial charge in [0.15, 0.2) is 0 Å². The molecule has 1 aliphatic heterocycles. The van der Waals surface area contributed by atoms with Crippen LogP contribution in [0.3, 0.4) is 0 Å². The van der Waals surface area contributed by atoms with Crippen molar-refractivity contribution in [1.29, 1.82) is 0 Å². The SMILES string of the molecule is Fc1ccc([C@@H]2Nc3c(Cl)cc(Cl)cc3[C@H]3C=CC[C@H]32)cc1. The number of anilines is 1. The van der Waals surface area contributed by atoms with Crippen molar-refractivity contribution in [1.82, 2.24) is 0 Å². The van der Waals surface area contributed by atoms with Crippen LogP contribution in [0.15, 0.2) is 48.6 Å². The van der Waals surface area contributed by atoms with Crippen LogP contribution in [-0.4, -0.2) is 0 Å². The Morgan fingerprint density at radius 2 is 1.86 bits per heavy atom. The Bertz CT molecular complexity index is 754. The Balaban J connectivity index is 1.82. The summed E-state index contributed by atoms with van der Waals surface area (Å²) in [5, 5.41) is 4.84. The zero-order valence-electron chi connectivity index (χ0n) is 11.7. The number of hydrogen-bond donors (Lipinski definition) is 1. The summed E-state index contributed by atoms with van der Waals surface area (Å²) < 4.78 is 13.2. The molecule has 0 bridgehead atoms. The molecule has 2 aromatic carbocycles. The molecule has 1 aliphatic carbocycles. The first kappa shape index (κ1) is 14.1. The highest BCUT2D eigenvalue weighted by molar-refractivity contribution is 6.36. The number of rotatable bonds is 1. The summed E-state index contributed by atoms with van der Waals surface area (Å²) in [4.78, 5) is 0. The molecule has 0 aromatic heterocycles. The van der Waals surface area contributed by atoms with E-state index < -0.39 is 0 Å². The van der Waals surface area contributed by atoms with Gasteiger partial charge in [0.1, 0.15) is 5.82 Å². The maximum atomic E-state index is 13.2. The minimum atomic E-state index is -0.217. The molecule has 1 N–H and O–H groups in total. The van der Waals surface area contributed by atoms with Crippen molar-refractivity contribution in [2.45, 2.75) is 18.4 Å². The number of allylic oxidation sites excluding steroid dienone is 2. The Morgan fingerprint density at radius 1 is 1.09 bits per heavy atom. The number of nitrogens with one attached hydrogen (secondary N) is 1. The van der Waals surface area contributed by atoms with Crippen molar-refractivity contribution in [3.8, 4) is 0 Å². The van der Waals surface area contributed by atoms with Gasteiger partial charge in [-0.3, -0.25) is 0 Å². The van der Waals surface area contributed by atoms with Gasteiger partial charge in [-0.25, -0.2) is 4.39 Å². The molecule has 2 aromatic rings. The Hall–Kier alpha value is -1.51. The van der Waals surface area contributed by atoms with Crippen molar-refractivity contribution < 1.29 is 4.39 Å². The lowest BCUT2D eigenvalue weighted by Gasteiger charge is -2.38. The molecule has 3 atom stereocenters. The second kappa shape index (κ2) is 5.29. The van der Waals surface area contributed by atoms with Gasteiger partial charge in [-0.1, -0.05) is 47.5 Å². The number of hydrogen-bond acceptors (Lipinski definition) is 1. The molecule has 0 fully saturated rings. The van der Waals surface area contributed by atoms with E-state index in [1.807, 2.05) is 18.2 Å². The van der Waals surface area contributed by atoms with E-state index in [-0.39, 0.29) is 11.9 Å². The van der Waals surface area contributed by atoms with Crippen LogP contribution < -0.4 is 5.32 Å². The topological polar surface area (TPSA) is 12.0 Å². The molecule has 4 rings (SSSR count). The Labute approximate surface area is 138 Å². The van der Waals surface area contributed by atoms with E-state index in [0.717, 1.165) is 23.2 Å². The van der Waals surface area contributed by atoms with Crippen molar-refractivity contribution in [2.24, 2.45) is 5.92 Å². The zero-order chi connectivity index (χ0) is 15.3. The second-order valence-corrected chi connectivity index (χ2v) is 6.72. The maximum absolute atomic E-state index is 13.2. The minimum Gasteiger partial charge on any atom is -0.376 e. The lowest BCUT2D eigenvalue weighted by atomic mass is 9.77. The summed E-state index contributed by atoms with van der Waals surface area (Å²) in [6.07, 6.45) is 5.42. The summed E-state index contributed by atoms with van der Waals surface area (Å²) >= 11 is 12.5. The average molecular weight is 334 g/mol. The normalized spacial score (nSPS) is 25.5. The van der Waals surface area contributed by atoms with Gasteiger partial charge < -0.3 is 5.32 Å². The van der Waals surface area contributed by atoms with Crippen LogP contribution in [0.5, 0.6) is 0 Å². The Morgan fingerprint density at radius 3 is 2.64 bits per heavy atom. The highest BCUT2D eigenvalue weighted by Gasteiger charge is 2.38. The molecule has 0 spiro atoms. The molecule has 4 heteroatoms. The van der Waals surface area contributed by atoms with Gasteiger partial charge in [0.2, 0.25) is 0 Å². The number of fused-ring (bicyclic) bond motifs is 3. The molecule has 22 heavy (non-hydrogen) atoms. The fraction of sp³-hybridized carbons (Fsp3) is 0.222. The molecule has 0 unspecified atom stereocenters. The number of benzene rings is 2. The van der Waals surface area contributed by atoms with Crippen LogP contribution in [0.2, 0.25) is 10.0 Å². The maximum Gasteiger partial charge on any atom is 0.123 e. The van der Waals surface area contributed by atoms with Crippen molar-refractivity contribution >= 4 is 28.9 Å². The summed E-state index contributed by atoms with van der Waals surface area (Å²) in [5.41, 5.74) is 3.17. The highest BCUT2D eigenvalue weighted by atomic mass is 35.5. The van der Waals surface area contributed by atoms with Crippen LogP contribution in [0.1, 0.15) is 29.5 Å². The fourth-order valence-corrected chi connectivity index (χ4v) is 4.18. The van der Waals surface area contributed by atoms with E-state index in [4.69, 9.17) is 23.2 Å². The molecule has 0 radical (unpaired) electrons. The third-order valence-electron chi connectivity index (χ3n) is 4.61. The average Bonchev–Trinajstić information content (AvgIpc) is 2.97. The molecular weight excluding hydrogens is 320 g/mol. The van der Waals surface area contributed by atoms with Crippen molar-refractivity contribution in [2.75, 3.05) is 5.32 Å². The van der Waals surface area contributed by atoms with Crippen molar-refractivity contribution in [3.05, 3.63) is 75.5 Å². The molecule has 1 heterocycles. The smallest absolute Gasteiger partial charge is 0.123 e. The zero-order valence-corrected chi connectivity index (χ0v) is 13.2. The van der Waals surface area contributed by atoms with E-state index in [1.165, 1.54) is 12.1 Å². The van der Waals surface area contributed by atoms with Gasteiger partial charge >= 0.3 is 0 Å². The van der Waals surface area contributed by atoms with Gasteiger partial charge in [0.05, 0.1) is 16.8 Å². The summed E-state index contributed by atoms with van der Waals surface area (Å²) in [7, 11) is 0. The van der Waals surface area contributed by atoms with Gasteiger partial charge in [-0.15, -0.1) is 0 Å². The monoisotopic (exact) mass is 333 g/mol. The highest BCUT2D eigenvalue weighted by Crippen LogP contribution is 2.52. The molecule has 0 amide bonds. The first-order valence-corrected chi connectivity index (χ1v) is 8.06. The molecule has 112 valence electrons. The predicted molar refractivity (Wildman–Crippen MR) is 89.2 cm³/mol. The summed E-state index contributed by atoms with van der Waals surface area (Å²) in [5.74, 6) is 0.473. The first-order chi connectivity index (χ1) is 10.6. The van der Waals surface area contributed by atoms with Crippen LogP contribution in [-0.2, 0) is 0 Å². The van der Waals surface area contributed by atoms with Gasteiger partial charge in [-0.05, 0) is 47.7 Å². The first-order valence-electron chi connectivity index (χ1n) is 7.31. The molecule has 0 saturated heterocycles. The van der Waals surface area contributed by atoms with Gasteiger partial charge in [0.25, 0.3) is 0 Å². The van der Waals surface area contributed by atoms with Crippen LogP contribution in [0.4, 0.5) is 10.1 Å². The largest absolute Gasteiger partial charge is 0.376 e. The quantitative estimate of drug-likeness (QED) is 0.635. The molecule has 1 nitrogen and oxygen atoms in total. The minimum absolute atomic E-state index is 0.117. The predicted octanol–water partition coefficient (Wildman–Crippen LogP) is 5.96. The summed E-state index contributed by atoms with van der Waals surface area (Å²) in [6, 6.07) is 10.6. The van der Waals surface area contributed by atoms with E-state index in [2.05, 4.69) is 17.5 Å². The van der Waals surface area contributed by atoms with E-state index in [1.54, 1.807) is 6.07 Å². The standard InChI is InChI=1S/C18H14Cl2FN/c19-11-8-15-13-2-1-3-14(13)17(22-18(15)16(20)9-11)10-4-6-12(21)7-5-10/h1-2,4-9,13-14,17,22H,3H2/t13-,14+,17-/m0/s1. The molecular formula is C18H14Cl2FN. The lowest BCUT2D eigenvalue weighted by molar-refractivity contribution is 0.425. The third kappa shape index (κ3) is 2.22. The van der Waals surface area contributed by atoms with E-state index >= 15 is 0 Å². The number of halogens is 3. The van der Waals surface area contributed by atoms with Crippen LogP contribution in [0.25, 0.3) is 0 Å². The van der Waals surface area contributed by atoms with Gasteiger partial charge in [-0.2, -0.15) is 0 Å². The van der Waals surface area contributed by atoms with Crippen LogP contribution in [0, 0.1) is 11.7 Å². The molecule has 0 saturated carbocycles. The third-order valence-corrected chi connectivity index (χ3v) is 5.13. The van der Waals surface area contributed by atoms with E-state index in [0.29, 0.717) is 21.9 Å². The summed E-state index contributed by atoms with van der Waals surface area (Å²) in [6.45, 7) is 0. The molecule has 2 aliphatic rings. The van der Waals surface area contributed by atoms with Crippen LogP contribution >= 0.6 is 23.2 Å². The fourth-order valence-electron chi connectivity index (χ4n) is 3.62. The Kier molecular flexibility index (Phi) is 3.39. The van der Waals surface area contributed by atoms with Gasteiger partial charge in [0, 0.05) is 10.9 Å². The van der Waals surface area contributed by atoms with Crippen molar-refractivity contribution in [3.63, 3.8) is 0 Å².